The molecule has 0 heterocycles. The van der Waals surface area contributed by atoms with Crippen LogP contribution in [0.5, 0.6) is 0 Å². The summed E-state index contributed by atoms with van der Waals surface area (Å²) in [5.41, 5.74) is 0.00426. The molecule has 3 heteroatoms. The van der Waals surface area contributed by atoms with E-state index >= 15 is 0 Å². The molecule has 0 aliphatic carbocycles. The predicted octanol–water partition coefficient (Wildman–Crippen LogP) is 0.432. The maximum Gasteiger partial charge on any atom is 0.152 e. The molecule has 0 saturated heterocycles. The molecule has 0 N–H and O–H groups in total. The molecule has 2 radical (unpaired) electrons. The third-order valence-electron chi connectivity index (χ3n) is 1.19. The molecule has 0 atom stereocenters. The normalized spacial score (nSPS) is 9.30. The molecule has 1 aromatic carbocycles. The molecule has 0 saturated carbocycles. The van der Waals surface area contributed by atoms with Gasteiger partial charge in [-0.15, -0.1) is 0 Å². The zero-order chi connectivity index (χ0) is 7.56. The van der Waals surface area contributed by atoms with Crippen LogP contribution >= 0.6 is 0 Å². The lowest BCUT2D eigenvalue weighted by atomic mass is 9.94. The first-order chi connectivity index (χ1) is 4.75. The van der Waals surface area contributed by atoms with Crippen molar-refractivity contribution in [3.63, 3.8) is 0 Å². The minimum atomic E-state index is -0.641. The minimum absolute atomic E-state index is 0.000000000000000222. The summed E-state index contributed by atoms with van der Waals surface area (Å²) in [6.07, 6.45) is 0.436. The quantitative estimate of drug-likeness (QED) is 0.402. The molecule has 1 aromatic rings. The van der Waals surface area contributed by atoms with Crippen LogP contribution in [0.15, 0.2) is 18.2 Å². The van der Waals surface area contributed by atoms with Crippen LogP contribution in [0.25, 0.3) is 0 Å². The Morgan fingerprint density at radius 1 is 1.50 bits per heavy atom. The molecule has 0 spiro atoms. The smallest absolute Gasteiger partial charge is 0.152 e. The second-order valence-corrected chi connectivity index (χ2v) is 1.87. The van der Waals surface area contributed by atoms with Gasteiger partial charge in [-0.3, -0.25) is 4.79 Å². The average molecular weight is 134 g/mol. The van der Waals surface area contributed by atoms with Gasteiger partial charge in [-0.25, -0.2) is 4.39 Å². The minimum Gasteiger partial charge on any atom is -0.298 e. The van der Waals surface area contributed by atoms with Crippen molar-refractivity contribution in [2.45, 2.75) is 0 Å². The lowest BCUT2D eigenvalue weighted by Gasteiger charge is -1.96. The first kappa shape index (κ1) is 7.00. The Morgan fingerprint density at radius 2 is 2.20 bits per heavy atom. The Bertz CT molecular complexity index is 260. The number of hydrogen-bond acceptors (Lipinski definition) is 1. The summed E-state index contributed by atoms with van der Waals surface area (Å²) in [4.78, 5) is 10.1. The van der Waals surface area contributed by atoms with Crippen LogP contribution in [0, 0.1) is 5.82 Å². The first-order valence-electron chi connectivity index (χ1n) is 2.75. The van der Waals surface area contributed by atoms with Crippen LogP contribution in [-0.2, 0) is 0 Å². The summed E-state index contributed by atoms with van der Waals surface area (Å²) in [7, 11) is 5.16. The summed E-state index contributed by atoms with van der Waals surface area (Å²) < 4.78 is 12.6. The van der Waals surface area contributed by atoms with E-state index in [1.165, 1.54) is 18.2 Å². The monoisotopic (exact) mass is 134 g/mol. The maximum atomic E-state index is 12.6. The number of hydrogen-bond donors (Lipinski definition) is 0. The molecule has 0 fully saturated rings. The van der Waals surface area contributed by atoms with Crippen LogP contribution in [0.1, 0.15) is 10.4 Å². The molecule has 0 aliphatic heterocycles. The van der Waals surface area contributed by atoms with Gasteiger partial charge >= 0.3 is 0 Å². The van der Waals surface area contributed by atoms with Crippen molar-refractivity contribution < 1.29 is 9.18 Å². The van der Waals surface area contributed by atoms with Gasteiger partial charge in [0.2, 0.25) is 0 Å². The van der Waals surface area contributed by atoms with Crippen molar-refractivity contribution in [1.29, 1.82) is 0 Å². The Labute approximate surface area is 59.3 Å². The highest BCUT2D eigenvalue weighted by Crippen LogP contribution is 1.98. The average Bonchev–Trinajstić information content (AvgIpc) is 1.95. The molecule has 0 aliphatic rings. The van der Waals surface area contributed by atoms with Gasteiger partial charge in [-0.1, -0.05) is 17.6 Å². The van der Waals surface area contributed by atoms with E-state index < -0.39 is 5.82 Å². The topological polar surface area (TPSA) is 17.1 Å². The number of carbonyl (C=O) groups excluding carboxylic acids is 1. The lowest BCUT2D eigenvalue weighted by Crippen LogP contribution is -2.10. The molecule has 0 bridgehead atoms. The van der Waals surface area contributed by atoms with Gasteiger partial charge in [0.1, 0.15) is 13.7 Å². The summed E-state index contributed by atoms with van der Waals surface area (Å²) in [6, 6.07) is 4.31. The van der Waals surface area contributed by atoms with Crippen molar-refractivity contribution >= 4 is 19.6 Å². The number of benzene rings is 1. The van der Waals surface area contributed by atoms with Crippen molar-refractivity contribution in [3.05, 3.63) is 29.6 Å². The maximum absolute atomic E-state index is 12.6. The third kappa shape index (κ3) is 1.08. The Balaban J connectivity index is 3.27. The highest BCUT2D eigenvalue weighted by Gasteiger charge is 2.00. The Hall–Kier alpha value is -1.12. The van der Waals surface area contributed by atoms with Crippen molar-refractivity contribution in [2.24, 2.45) is 0 Å². The number of aldehydes is 1. The summed E-state index contributed by atoms with van der Waals surface area (Å²) >= 11 is 0. The van der Waals surface area contributed by atoms with E-state index in [0.717, 1.165) is 0 Å². The zero-order valence-corrected chi connectivity index (χ0v) is 5.17. The standard InChI is InChI=1S/C7H4BFO/c8-6-3-1-2-5(4-10)7(6)9/h1-4H. The van der Waals surface area contributed by atoms with Gasteiger partial charge in [-0.2, -0.15) is 0 Å². The van der Waals surface area contributed by atoms with E-state index in [9.17, 15) is 9.18 Å². The summed E-state index contributed by atoms with van der Waals surface area (Å²) in [6.45, 7) is 0. The highest BCUT2D eigenvalue weighted by molar-refractivity contribution is 6.32. The van der Waals surface area contributed by atoms with Crippen LogP contribution in [0.3, 0.4) is 0 Å². The lowest BCUT2D eigenvalue weighted by molar-refractivity contribution is 0.112. The largest absolute Gasteiger partial charge is 0.298 e. The SMILES string of the molecule is [B]c1cccc(C=O)c1F. The highest BCUT2D eigenvalue weighted by atomic mass is 19.1. The molecule has 0 amide bonds. The van der Waals surface area contributed by atoms with Gasteiger partial charge in [0, 0.05) is 5.56 Å². The van der Waals surface area contributed by atoms with E-state index in [-0.39, 0.29) is 11.0 Å². The Morgan fingerprint density at radius 3 is 2.70 bits per heavy atom. The van der Waals surface area contributed by atoms with E-state index in [0.29, 0.717) is 6.29 Å². The molecule has 0 unspecified atom stereocenters. The molecule has 10 heavy (non-hydrogen) atoms. The van der Waals surface area contributed by atoms with Gasteiger partial charge in [0.05, 0.1) is 0 Å². The molecular weight excluding hydrogens is 130 g/mol. The summed E-state index contributed by atoms with van der Waals surface area (Å²) in [5, 5.41) is 0. The van der Waals surface area contributed by atoms with Gasteiger partial charge in [0.25, 0.3) is 0 Å². The molecule has 48 valence electrons. The molecular formula is C7H4BFO. The number of halogens is 1. The van der Waals surface area contributed by atoms with Crippen LogP contribution in [0.4, 0.5) is 4.39 Å². The fraction of sp³-hybridized carbons (Fsp3) is 0. The first-order valence-corrected chi connectivity index (χ1v) is 2.75. The fourth-order valence-electron chi connectivity index (χ4n) is 0.659. The van der Waals surface area contributed by atoms with Gasteiger partial charge < -0.3 is 0 Å². The number of rotatable bonds is 1. The fourth-order valence-corrected chi connectivity index (χ4v) is 0.659. The van der Waals surface area contributed by atoms with Crippen molar-refractivity contribution in [3.8, 4) is 0 Å². The molecule has 1 nitrogen and oxygen atoms in total. The second kappa shape index (κ2) is 2.65. The molecule has 0 aromatic heterocycles. The van der Waals surface area contributed by atoms with Crippen molar-refractivity contribution in [1.82, 2.24) is 0 Å². The van der Waals surface area contributed by atoms with E-state index in [1.54, 1.807) is 0 Å². The van der Waals surface area contributed by atoms with Gasteiger partial charge in [-0.05, 0) is 6.07 Å². The van der Waals surface area contributed by atoms with Crippen LogP contribution in [0.2, 0.25) is 0 Å². The van der Waals surface area contributed by atoms with E-state index in [2.05, 4.69) is 0 Å². The second-order valence-electron chi connectivity index (χ2n) is 1.87. The molecule has 1 rings (SSSR count). The Kier molecular flexibility index (Phi) is 1.85. The van der Waals surface area contributed by atoms with Crippen LogP contribution in [-0.4, -0.2) is 14.1 Å². The third-order valence-corrected chi connectivity index (χ3v) is 1.19. The summed E-state index contributed by atoms with van der Waals surface area (Å²) in [5.74, 6) is -0.641. The predicted molar refractivity (Wildman–Crippen MR) is 37.2 cm³/mol. The van der Waals surface area contributed by atoms with Crippen LogP contribution < -0.4 is 5.46 Å². The van der Waals surface area contributed by atoms with Gasteiger partial charge in [0.15, 0.2) is 6.29 Å². The van der Waals surface area contributed by atoms with Crippen molar-refractivity contribution in [2.75, 3.05) is 0 Å². The van der Waals surface area contributed by atoms with E-state index in [4.69, 9.17) is 7.85 Å². The van der Waals surface area contributed by atoms with E-state index in [1.807, 2.05) is 0 Å². The zero-order valence-electron chi connectivity index (χ0n) is 5.17. The number of carbonyl (C=O) groups is 1.